The quantitative estimate of drug-likeness (QED) is 0.609. The van der Waals surface area contributed by atoms with Gasteiger partial charge in [-0.05, 0) is 48.2 Å². The smallest absolute Gasteiger partial charge is 0.258 e. The molecule has 0 radical (unpaired) electrons. The topological polar surface area (TPSA) is 60.2 Å². The number of hydrogen-bond donors (Lipinski definition) is 0. The Morgan fingerprint density at radius 3 is 1.87 bits per heavy atom. The van der Waals surface area contributed by atoms with Crippen molar-refractivity contribution < 1.29 is 22.3 Å². The lowest BCUT2D eigenvalue weighted by Gasteiger charge is -2.14. The van der Waals surface area contributed by atoms with E-state index < -0.39 is 21.2 Å². The number of nitrogens with zero attached hydrogens (tertiary/aromatic N) is 1. The van der Waals surface area contributed by atoms with Gasteiger partial charge in [-0.15, -0.1) is 0 Å². The Hall–Kier alpha value is -2.22. The van der Waals surface area contributed by atoms with Crippen LogP contribution >= 0.6 is 0 Å². The molecule has 23 heavy (non-hydrogen) atoms. The van der Waals surface area contributed by atoms with E-state index in [9.17, 15) is 27.5 Å². The van der Waals surface area contributed by atoms with Crippen molar-refractivity contribution in [1.29, 1.82) is 0 Å². The molecule has 0 amide bonds. The molecule has 0 aromatic heterocycles. The van der Waals surface area contributed by atoms with E-state index in [2.05, 4.69) is 0 Å². The van der Waals surface area contributed by atoms with Crippen LogP contribution in [-0.2, 0) is 10.8 Å². The summed E-state index contributed by atoms with van der Waals surface area (Å²) in [6.07, 6.45) is 0. The number of halogens is 3. The molecule has 2 aromatic carbocycles. The third-order valence-corrected chi connectivity index (χ3v) is 4.70. The molecule has 0 aliphatic rings. The Morgan fingerprint density at radius 2 is 1.48 bits per heavy atom. The van der Waals surface area contributed by atoms with Crippen LogP contribution < -0.4 is 0 Å². The minimum Gasteiger partial charge on any atom is -0.258 e. The number of alkyl halides is 3. The molecule has 2 rings (SSSR count). The fraction of sp³-hybridized carbons (Fsp3) is 0.200. The van der Waals surface area contributed by atoms with E-state index in [4.69, 9.17) is 0 Å². The number of hydrogen-bond acceptors (Lipinski definition) is 3. The second-order valence-electron chi connectivity index (χ2n) is 4.96. The second-order valence-corrected chi connectivity index (χ2v) is 6.37. The van der Waals surface area contributed by atoms with Crippen molar-refractivity contribution in [1.82, 2.24) is 0 Å². The molecular formula is C15H12F3NO3S. The van der Waals surface area contributed by atoms with Gasteiger partial charge in [-0.25, -0.2) is 4.21 Å². The molecule has 4 nitrogen and oxygen atoms in total. The van der Waals surface area contributed by atoms with Crippen molar-refractivity contribution in [3.8, 4) is 11.1 Å². The van der Waals surface area contributed by atoms with Gasteiger partial charge in [0.05, 0.1) is 9.82 Å². The van der Waals surface area contributed by atoms with Crippen molar-refractivity contribution in [3.05, 3.63) is 57.6 Å². The van der Waals surface area contributed by atoms with Gasteiger partial charge in [0.1, 0.15) is 0 Å². The summed E-state index contributed by atoms with van der Waals surface area (Å²) in [5, 5.41) is 10.6. The number of nitro groups is 1. The molecule has 0 N–H and O–H groups in total. The summed E-state index contributed by atoms with van der Waals surface area (Å²) in [5.74, 6) is 0. The molecule has 0 aliphatic carbocycles. The SMILES string of the molecule is Cc1cc(-c2ccc([N+](=O)[O-])cc2)cc(C)c1S(=O)C(F)(F)F. The molecule has 0 saturated carbocycles. The average Bonchev–Trinajstić information content (AvgIpc) is 2.45. The van der Waals surface area contributed by atoms with E-state index >= 15 is 0 Å². The Morgan fingerprint density at radius 1 is 1.00 bits per heavy atom. The van der Waals surface area contributed by atoms with E-state index in [0.717, 1.165) is 0 Å². The van der Waals surface area contributed by atoms with Crippen molar-refractivity contribution in [2.75, 3.05) is 0 Å². The van der Waals surface area contributed by atoms with Gasteiger partial charge in [-0.2, -0.15) is 13.2 Å². The zero-order chi connectivity index (χ0) is 17.4. The van der Waals surface area contributed by atoms with Crippen LogP contribution in [0.25, 0.3) is 11.1 Å². The van der Waals surface area contributed by atoms with Crippen LogP contribution in [0.15, 0.2) is 41.3 Å². The molecule has 1 atom stereocenters. The number of aryl methyl sites for hydroxylation is 2. The summed E-state index contributed by atoms with van der Waals surface area (Å²) >= 11 is 0. The van der Waals surface area contributed by atoms with Gasteiger partial charge in [0.15, 0.2) is 10.8 Å². The van der Waals surface area contributed by atoms with Gasteiger partial charge in [-0.1, -0.05) is 12.1 Å². The van der Waals surface area contributed by atoms with E-state index in [1.165, 1.54) is 50.2 Å². The average molecular weight is 343 g/mol. The van der Waals surface area contributed by atoms with Crippen LogP contribution in [0.2, 0.25) is 0 Å². The molecule has 0 fully saturated rings. The first-order valence-corrected chi connectivity index (χ1v) is 7.61. The molecule has 0 spiro atoms. The lowest BCUT2D eigenvalue weighted by Crippen LogP contribution is -2.18. The highest BCUT2D eigenvalue weighted by Crippen LogP contribution is 2.33. The maximum atomic E-state index is 12.7. The highest BCUT2D eigenvalue weighted by Gasteiger charge is 2.39. The molecule has 0 saturated heterocycles. The van der Waals surface area contributed by atoms with Gasteiger partial charge in [0.2, 0.25) is 0 Å². The molecular weight excluding hydrogens is 331 g/mol. The highest BCUT2D eigenvalue weighted by atomic mass is 32.2. The van der Waals surface area contributed by atoms with Crippen LogP contribution in [0.3, 0.4) is 0 Å². The van der Waals surface area contributed by atoms with Crippen molar-refractivity contribution in [2.45, 2.75) is 24.3 Å². The van der Waals surface area contributed by atoms with Gasteiger partial charge in [0.25, 0.3) is 5.69 Å². The maximum absolute atomic E-state index is 12.7. The minimum atomic E-state index is -4.82. The van der Waals surface area contributed by atoms with Crippen molar-refractivity contribution >= 4 is 16.5 Å². The van der Waals surface area contributed by atoms with E-state index in [-0.39, 0.29) is 21.7 Å². The Labute approximate surface area is 132 Å². The Balaban J connectivity index is 2.48. The van der Waals surface area contributed by atoms with E-state index in [1.54, 1.807) is 0 Å². The molecule has 0 bridgehead atoms. The number of benzene rings is 2. The van der Waals surface area contributed by atoms with Gasteiger partial charge >= 0.3 is 5.51 Å². The molecule has 8 heteroatoms. The van der Waals surface area contributed by atoms with Crippen molar-refractivity contribution in [2.24, 2.45) is 0 Å². The van der Waals surface area contributed by atoms with Gasteiger partial charge < -0.3 is 0 Å². The fourth-order valence-corrected chi connectivity index (χ4v) is 3.23. The first-order valence-electron chi connectivity index (χ1n) is 6.46. The summed E-state index contributed by atoms with van der Waals surface area (Å²) in [7, 11) is -3.09. The number of non-ortho nitro benzene ring substituents is 1. The van der Waals surface area contributed by atoms with Crippen molar-refractivity contribution in [3.63, 3.8) is 0 Å². The molecule has 122 valence electrons. The fourth-order valence-electron chi connectivity index (χ4n) is 2.30. The maximum Gasteiger partial charge on any atom is 0.475 e. The molecule has 0 heterocycles. The van der Waals surface area contributed by atoms with Crippen LogP contribution in [0, 0.1) is 24.0 Å². The second kappa shape index (κ2) is 6.11. The lowest BCUT2D eigenvalue weighted by atomic mass is 10.0. The monoisotopic (exact) mass is 343 g/mol. The predicted octanol–water partition coefficient (Wildman–Crippen LogP) is 4.51. The van der Waals surface area contributed by atoms with Gasteiger partial charge in [-0.3, -0.25) is 10.1 Å². The predicted molar refractivity (Wildman–Crippen MR) is 80.5 cm³/mol. The first kappa shape index (κ1) is 17.1. The van der Waals surface area contributed by atoms with E-state index in [1.807, 2.05) is 0 Å². The third kappa shape index (κ3) is 3.58. The summed E-state index contributed by atoms with van der Waals surface area (Å²) in [6.45, 7) is 2.92. The zero-order valence-electron chi connectivity index (χ0n) is 12.2. The van der Waals surface area contributed by atoms with E-state index in [0.29, 0.717) is 11.1 Å². The number of rotatable bonds is 3. The molecule has 1 unspecified atom stereocenters. The third-order valence-electron chi connectivity index (χ3n) is 3.27. The zero-order valence-corrected chi connectivity index (χ0v) is 13.0. The number of nitro benzene ring substituents is 1. The summed E-state index contributed by atoms with van der Waals surface area (Å²) < 4.78 is 49.6. The Kier molecular flexibility index (Phi) is 4.56. The standard InChI is InChI=1S/C15H12F3NO3S/c1-9-7-12(11-3-5-13(6-4-11)19(20)21)8-10(2)14(9)23(22)15(16,17)18/h3-8H,1-2H3. The normalized spacial score (nSPS) is 12.9. The van der Waals surface area contributed by atoms with Crippen LogP contribution in [0.4, 0.5) is 18.9 Å². The van der Waals surface area contributed by atoms with Crippen LogP contribution in [0.1, 0.15) is 11.1 Å². The molecule has 0 aliphatic heterocycles. The van der Waals surface area contributed by atoms with Gasteiger partial charge in [0, 0.05) is 12.1 Å². The molecule has 2 aromatic rings. The van der Waals surface area contributed by atoms with Crippen LogP contribution in [0.5, 0.6) is 0 Å². The largest absolute Gasteiger partial charge is 0.475 e. The first-order chi connectivity index (χ1) is 10.6. The minimum absolute atomic E-state index is 0.0722. The Bertz CT molecular complexity index is 763. The lowest BCUT2D eigenvalue weighted by molar-refractivity contribution is -0.384. The summed E-state index contributed by atoms with van der Waals surface area (Å²) in [4.78, 5) is 9.86. The summed E-state index contributed by atoms with van der Waals surface area (Å²) in [6, 6.07) is 8.67. The highest BCUT2D eigenvalue weighted by molar-refractivity contribution is 7.86. The van der Waals surface area contributed by atoms with Crippen LogP contribution in [-0.4, -0.2) is 14.6 Å². The summed E-state index contributed by atoms with van der Waals surface area (Å²) in [5.41, 5.74) is -3.13.